The van der Waals surface area contributed by atoms with Gasteiger partial charge in [0.25, 0.3) is 0 Å². The van der Waals surface area contributed by atoms with Crippen molar-refractivity contribution in [3.63, 3.8) is 0 Å². The van der Waals surface area contributed by atoms with E-state index in [4.69, 9.17) is 5.11 Å². The molecule has 3 heterocycles. The summed E-state index contributed by atoms with van der Waals surface area (Å²) < 4.78 is 3.17. The van der Waals surface area contributed by atoms with Crippen molar-refractivity contribution in [2.24, 2.45) is 0 Å². The van der Waals surface area contributed by atoms with Crippen molar-refractivity contribution >= 4 is 11.5 Å². The molecule has 0 spiro atoms. The summed E-state index contributed by atoms with van der Waals surface area (Å²) in [5.41, 5.74) is 1.72. The second-order valence-corrected chi connectivity index (χ2v) is 4.76. The summed E-state index contributed by atoms with van der Waals surface area (Å²) in [6.07, 6.45) is 4.95. The molecule has 3 aromatic rings. The van der Waals surface area contributed by atoms with Gasteiger partial charge in [-0.3, -0.25) is 0 Å². The van der Waals surface area contributed by atoms with E-state index in [1.165, 1.54) is 10.7 Å². The van der Waals surface area contributed by atoms with E-state index in [2.05, 4.69) is 29.0 Å². The molecule has 0 bridgehead atoms. The average Bonchev–Trinajstić information content (AvgIpc) is 3.05. The predicted molar refractivity (Wildman–Crippen MR) is 71.2 cm³/mol. The van der Waals surface area contributed by atoms with Gasteiger partial charge < -0.3 is 5.11 Å². The van der Waals surface area contributed by atoms with Crippen LogP contribution in [0.25, 0.3) is 11.3 Å². The molecule has 0 aliphatic carbocycles. The minimum atomic E-state index is -1.06. The normalized spacial score (nSPS) is 11.3. The Balaban J connectivity index is 2.17. The summed E-state index contributed by atoms with van der Waals surface area (Å²) in [7, 11) is 0. The first-order valence-corrected chi connectivity index (χ1v) is 6.20. The summed E-state index contributed by atoms with van der Waals surface area (Å²) >= 11 is 0. The molecule has 7 heteroatoms. The second kappa shape index (κ2) is 4.44. The standard InChI is InChI=1S/C13H13N5O2/c1-8(2)10-7-11-12(14-4-6-17(11)16-10)18-5-3-9(15-18)13(19)20/h3-8H,1-2H3,(H,19,20). The predicted octanol–water partition coefficient (Wildman–Crippen LogP) is 1.74. The van der Waals surface area contributed by atoms with Crippen LogP contribution in [-0.2, 0) is 0 Å². The van der Waals surface area contributed by atoms with Crippen LogP contribution in [0.15, 0.2) is 30.7 Å². The average molecular weight is 271 g/mol. The maximum atomic E-state index is 10.9. The monoisotopic (exact) mass is 271 g/mol. The van der Waals surface area contributed by atoms with Crippen molar-refractivity contribution in [1.82, 2.24) is 24.4 Å². The van der Waals surface area contributed by atoms with Crippen LogP contribution in [0.5, 0.6) is 0 Å². The lowest BCUT2D eigenvalue weighted by Crippen LogP contribution is -2.04. The van der Waals surface area contributed by atoms with E-state index in [1.807, 2.05) is 6.07 Å². The van der Waals surface area contributed by atoms with Crippen LogP contribution >= 0.6 is 0 Å². The fourth-order valence-electron chi connectivity index (χ4n) is 1.94. The fraction of sp³-hybridized carbons (Fsp3) is 0.231. The minimum absolute atomic E-state index is 0.0163. The Morgan fingerprint density at radius 2 is 2.10 bits per heavy atom. The lowest BCUT2D eigenvalue weighted by atomic mass is 10.1. The second-order valence-electron chi connectivity index (χ2n) is 4.76. The fourth-order valence-corrected chi connectivity index (χ4v) is 1.94. The zero-order valence-corrected chi connectivity index (χ0v) is 11.1. The molecule has 0 aliphatic rings. The van der Waals surface area contributed by atoms with E-state index in [0.717, 1.165) is 11.2 Å². The third kappa shape index (κ3) is 1.93. The molecular weight excluding hydrogens is 258 g/mol. The number of carboxylic acid groups (broad SMARTS) is 1. The Kier molecular flexibility index (Phi) is 2.74. The third-order valence-corrected chi connectivity index (χ3v) is 3.01. The molecule has 0 saturated carbocycles. The van der Waals surface area contributed by atoms with Gasteiger partial charge in [0.2, 0.25) is 0 Å². The Morgan fingerprint density at radius 3 is 2.75 bits per heavy atom. The number of hydrogen-bond acceptors (Lipinski definition) is 4. The lowest BCUT2D eigenvalue weighted by molar-refractivity contribution is 0.0690. The van der Waals surface area contributed by atoms with Gasteiger partial charge in [-0.25, -0.2) is 19.0 Å². The number of fused-ring (bicyclic) bond motifs is 1. The van der Waals surface area contributed by atoms with Gasteiger partial charge in [0, 0.05) is 18.6 Å². The molecule has 0 fully saturated rings. The Labute approximate surface area is 114 Å². The van der Waals surface area contributed by atoms with E-state index in [9.17, 15) is 4.79 Å². The lowest BCUT2D eigenvalue weighted by Gasteiger charge is -2.01. The van der Waals surface area contributed by atoms with Crippen molar-refractivity contribution in [3.8, 4) is 5.82 Å². The number of nitrogens with zero attached hydrogens (tertiary/aromatic N) is 5. The zero-order chi connectivity index (χ0) is 14.3. The van der Waals surface area contributed by atoms with Crippen LogP contribution in [0.3, 0.4) is 0 Å². The van der Waals surface area contributed by atoms with Gasteiger partial charge in [0.05, 0.1) is 5.69 Å². The summed E-state index contributed by atoms with van der Waals surface area (Å²) in [6.45, 7) is 4.12. The summed E-state index contributed by atoms with van der Waals surface area (Å²) in [5, 5.41) is 17.4. The molecule has 0 amide bonds. The minimum Gasteiger partial charge on any atom is -0.476 e. The molecule has 0 saturated heterocycles. The third-order valence-electron chi connectivity index (χ3n) is 3.01. The number of hydrogen-bond donors (Lipinski definition) is 1. The highest BCUT2D eigenvalue weighted by atomic mass is 16.4. The van der Waals surface area contributed by atoms with E-state index >= 15 is 0 Å². The van der Waals surface area contributed by atoms with Crippen LogP contribution < -0.4 is 0 Å². The van der Waals surface area contributed by atoms with E-state index in [1.54, 1.807) is 23.1 Å². The van der Waals surface area contributed by atoms with E-state index in [-0.39, 0.29) is 5.69 Å². The summed E-state index contributed by atoms with van der Waals surface area (Å²) in [5.74, 6) is -0.207. The van der Waals surface area contributed by atoms with Crippen molar-refractivity contribution in [1.29, 1.82) is 0 Å². The molecule has 0 unspecified atom stereocenters. The highest BCUT2D eigenvalue weighted by molar-refractivity contribution is 5.85. The van der Waals surface area contributed by atoms with Crippen molar-refractivity contribution < 1.29 is 9.90 Å². The molecular formula is C13H13N5O2. The number of carboxylic acids is 1. The number of aromatic nitrogens is 5. The van der Waals surface area contributed by atoms with Gasteiger partial charge in [0.1, 0.15) is 5.52 Å². The first-order valence-electron chi connectivity index (χ1n) is 6.20. The maximum absolute atomic E-state index is 10.9. The topological polar surface area (TPSA) is 85.3 Å². The summed E-state index contributed by atoms with van der Waals surface area (Å²) in [4.78, 5) is 15.2. The largest absolute Gasteiger partial charge is 0.476 e. The van der Waals surface area contributed by atoms with Gasteiger partial charge in [-0.05, 0) is 18.1 Å². The SMILES string of the molecule is CC(C)c1cc2c(-n3ccc(C(=O)O)n3)nccn2n1. The van der Waals surface area contributed by atoms with Gasteiger partial charge in [-0.1, -0.05) is 13.8 Å². The zero-order valence-electron chi connectivity index (χ0n) is 11.1. The van der Waals surface area contributed by atoms with Crippen molar-refractivity contribution in [2.75, 3.05) is 0 Å². The highest BCUT2D eigenvalue weighted by Gasteiger charge is 2.13. The van der Waals surface area contributed by atoms with Crippen LogP contribution in [0, 0.1) is 0 Å². The van der Waals surface area contributed by atoms with Crippen molar-refractivity contribution in [3.05, 3.63) is 42.1 Å². The first-order chi connectivity index (χ1) is 9.56. The highest BCUT2D eigenvalue weighted by Crippen LogP contribution is 2.19. The van der Waals surface area contributed by atoms with Gasteiger partial charge in [-0.2, -0.15) is 10.2 Å². The number of carbonyl (C=O) groups is 1. The maximum Gasteiger partial charge on any atom is 0.356 e. The van der Waals surface area contributed by atoms with Crippen LogP contribution in [0.2, 0.25) is 0 Å². The Hall–Kier alpha value is -2.70. The number of rotatable bonds is 3. The van der Waals surface area contributed by atoms with Crippen molar-refractivity contribution in [2.45, 2.75) is 19.8 Å². The molecule has 0 radical (unpaired) electrons. The molecule has 1 N–H and O–H groups in total. The molecule has 102 valence electrons. The molecule has 7 nitrogen and oxygen atoms in total. The quantitative estimate of drug-likeness (QED) is 0.784. The van der Waals surface area contributed by atoms with Gasteiger partial charge in [-0.15, -0.1) is 0 Å². The van der Waals surface area contributed by atoms with E-state index in [0.29, 0.717) is 11.7 Å². The number of aromatic carboxylic acids is 1. The van der Waals surface area contributed by atoms with Crippen LogP contribution in [-0.4, -0.2) is 35.5 Å². The molecule has 3 rings (SSSR count). The molecule has 3 aromatic heterocycles. The molecule has 0 aliphatic heterocycles. The smallest absolute Gasteiger partial charge is 0.356 e. The van der Waals surface area contributed by atoms with Gasteiger partial charge >= 0.3 is 5.97 Å². The van der Waals surface area contributed by atoms with Gasteiger partial charge in [0.15, 0.2) is 11.5 Å². The van der Waals surface area contributed by atoms with E-state index < -0.39 is 5.97 Å². The van der Waals surface area contributed by atoms with Crippen LogP contribution in [0.1, 0.15) is 35.9 Å². The first kappa shape index (κ1) is 12.3. The molecule has 0 atom stereocenters. The Morgan fingerprint density at radius 1 is 1.30 bits per heavy atom. The molecule has 20 heavy (non-hydrogen) atoms. The molecule has 0 aromatic carbocycles. The Bertz CT molecular complexity index is 787. The summed E-state index contributed by atoms with van der Waals surface area (Å²) in [6, 6.07) is 3.38. The van der Waals surface area contributed by atoms with Crippen LogP contribution in [0.4, 0.5) is 0 Å².